The lowest BCUT2D eigenvalue weighted by atomic mass is 9.85. The molecule has 1 saturated carbocycles. The van der Waals surface area contributed by atoms with Crippen LogP contribution in [-0.2, 0) is 14.4 Å². The van der Waals surface area contributed by atoms with Gasteiger partial charge in [0, 0.05) is 0 Å². The van der Waals surface area contributed by atoms with Crippen LogP contribution in [0.15, 0.2) is 12.2 Å². The van der Waals surface area contributed by atoms with Crippen molar-refractivity contribution in [2.75, 3.05) is 0 Å². The zero-order valence-corrected chi connectivity index (χ0v) is 12.5. The number of hydrogen-bond donors (Lipinski definition) is 2. The SMILES string of the molecule is CCC(Br)C(=O)O.O=C1C2C3C=CC(C3)C2C(=O)N1O. The van der Waals surface area contributed by atoms with E-state index in [1.165, 1.54) is 0 Å². The number of aliphatic carboxylic acids is 1. The van der Waals surface area contributed by atoms with E-state index < -0.39 is 17.8 Å². The highest BCUT2D eigenvalue weighted by atomic mass is 79.9. The third-order valence-electron chi connectivity index (χ3n) is 4.07. The summed E-state index contributed by atoms with van der Waals surface area (Å²) in [6, 6.07) is 0. The topological polar surface area (TPSA) is 94.9 Å². The molecule has 2 bridgehead atoms. The molecule has 2 amide bonds. The number of carboxylic acid groups (broad SMARTS) is 1. The van der Waals surface area contributed by atoms with Gasteiger partial charge in [0.2, 0.25) is 0 Å². The second-order valence-electron chi connectivity index (χ2n) is 5.20. The van der Waals surface area contributed by atoms with E-state index in [1.807, 2.05) is 19.1 Å². The average molecular weight is 346 g/mol. The lowest BCUT2D eigenvalue weighted by molar-refractivity contribution is -0.173. The van der Waals surface area contributed by atoms with Gasteiger partial charge < -0.3 is 5.11 Å². The molecule has 2 aliphatic carbocycles. The van der Waals surface area contributed by atoms with Crippen molar-refractivity contribution < 1.29 is 24.7 Å². The third kappa shape index (κ3) is 2.40. The van der Waals surface area contributed by atoms with Gasteiger partial charge in [0.05, 0.1) is 11.8 Å². The number of alkyl halides is 1. The van der Waals surface area contributed by atoms with Gasteiger partial charge in [-0.1, -0.05) is 35.0 Å². The molecule has 5 atom stereocenters. The van der Waals surface area contributed by atoms with Gasteiger partial charge in [-0.15, -0.1) is 0 Å². The summed E-state index contributed by atoms with van der Waals surface area (Å²) in [6.07, 6.45) is 5.53. The van der Waals surface area contributed by atoms with Crippen LogP contribution in [0.3, 0.4) is 0 Å². The predicted octanol–water partition coefficient (Wildman–Crippen LogP) is 1.43. The summed E-state index contributed by atoms with van der Waals surface area (Å²) in [5, 5.41) is 17.6. The Morgan fingerprint density at radius 3 is 2.10 bits per heavy atom. The lowest BCUT2D eigenvalue weighted by Gasteiger charge is -2.13. The number of carboxylic acids is 1. The van der Waals surface area contributed by atoms with Crippen LogP contribution in [0.1, 0.15) is 19.8 Å². The molecule has 0 spiro atoms. The Kier molecular flexibility index (Phi) is 4.29. The van der Waals surface area contributed by atoms with E-state index in [1.54, 1.807) is 0 Å². The number of rotatable bonds is 2. The van der Waals surface area contributed by atoms with Crippen LogP contribution in [0.25, 0.3) is 0 Å². The molecule has 1 aliphatic heterocycles. The fourth-order valence-corrected chi connectivity index (χ4v) is 3.06. The number of hydrogen-bond acceptors (Lipinski definition) is 4. The van der Waals surface area contributed by atoms with E-state index in [9.17, 15) is 14.4 Å². The molecule has 7 heteroatoms. The summed E-state index contributed by atoms with van der Waals surface area (Å²) in [5.74, 6) is -1.78. The maximum atomic E-state index is 11.4. The maximum absolute atomic E-state index is 11.4. The summed E-state index contributed by atoms with van der Waals surface area (Å²) in [4.78, 5) is 32.3. The van der Waals surface area contributed by atoms with Crippen molar-refractivity contribution in [3.8, 4) is 0 Å². The molecule has 0 aromatic carbocycles. The van der Waals surface area contributed by atoms with E-state index >= 15 is 0 Å². The minimum Gasteiger partial charge on any atom is -0.480 e. The Morgan fingerprint density at radius 1 is 1.35 bits per heavy atom. The Labute approximate surface area is 124 Å². The van der Waals surface area contributed by atoms with Gasteiger partial charge in [0.1, 0.15) is 4.83 Å². The van der Waals surface area contributed by atoms with Crippen LogP contribution in [0, 0.1) is 23.7 Å². The molecule has 3 aliphatic rings. The number of carbonyl (C=O) groups excluding carboxylic acids is 2. The first-order chi connectivity index (χ1) is 9.38. The Bertz CT molecular complexity index is 447. The van der Waals surface area contributed by atoms with Crippen molar-refractivity contribution >= 4 is 33.7 Å². The van der Waals surface area contributed by atoms with Gasteiger partial charge >= 0.3 is 5.97 Å². The summed E-state index contributed by atoms with van der Waals surface area (Å²) in [5.41, 5.74) is 0. The average Bonchev–Trinajstić information content (AvgIpc) is 3.09. The Balaban J connectivity index is 0.000000182. The molecule has 110 valence electrons. The summed E-state index contributed by atoms with van der Waals surface area (Å²) in [6.45, 7) is 1.81. The van der Waals surface area contributed by atoms with Crippen LogP contribution in [0.2, 0.25) is 0 Å². The highest BCUT2D eigenvalue weighted by Crippen LogP contribution is 2.51. The van der Waals surface area contributed by atoms with Crippen molar-refractivity contribution in [2.24, 2.45) is 23.7 Å². The van der Waals surface area contributed by atoms with Gasteiger partial charge in [0.15, 0.2) is 0 Å². The maximum Gasteiger partial charge on any atom is 0.317 e. The van der Waals surface area contributed by atoms with Gasteiger partial charge in [0.25, 0.3) is 11.8 Å². The Hall–Kier alpha value is -1.21. The van der Waals surface area contributed by atoms with Crippen LogP contribution in [0.4, 0.5) is 0 Å². The van der Waals surface area contributed by atoms with Gasteiger partial charge in [-0.25, -0.2) is 0 Å². The van der Waals surface area contributed by atoms with Crippen molar-refractivity contribution in [1.29, 1.82) is 0 Å². The number of fused-ring (bicyclic) bond motifs is 5. The fraction of sp³-hybridized carbons (Fsp3) is 0.615. The van der Waals surface area contributed by atoms with E-state index in [-0.39, 0.29) is 28.5 Å². The van der Waals surface area contributed by atoms with Crippen LogP contribution < -0.4 is 0 Å². The monoisotopic (exact) mass is 345 g/mol. The van der Waals surface area contributed by atoms with E-state index in [0.717, 1.165) is 6.42 Å². The van der Waals surface area contributed by atoms with E-state index in [4.69, 9.17) is 10.3 Å². The number of amides is 2. The summed E-state index contributed by atoms with van der Waals surface area (Å²) in [7, 11) is 0. The van der Waals surface area contributed by atoms with E-state index in [0.29, 0.717) is 11.5 Å². The van der Waals surface area contributed by atoms with Gasteiger partial charge in [-0.2, -0.15) is 5.06 Å². The molecule has 3 rings (SSSR count). The normalized spacial score (nSPS) is 34.9. The molecular weight excluding hydrogens is 330 g/mol. The summed E-state index contributed by atoms with van der Waals surface area (Å²) < 4.78 is 0. The molecule has 0 aromatic heterocycles. The molecule has 0 radical (unpaired) electrons. The smallest absolute Gasteiger partial charge is 0.317 e. The molecule has 5 unspecified atom stereocenters. The molecule has 6 nitrogen and oxygen atoms in total. The fourth-order valence-electron chi connectivity index (χ4n) is 3.06. The zero-order valence-electron chi connectivity index (χ0n) is 10.9. The number of hydroxylamine groups is 2. The number of allylic oxidation sites excluding steroid dienone is 2. The molecule has 1 saturated heterocycles. The van der Waals surface area contributed by atoms with Gasteiger partial charge in [-0.05, 0) is 24.7 Å². The molecular formula is C13H16BrNO5. The number of carbonyl (C=O) groups is 3. The first kappa shape index (κ1) is 15.2. The minimum atomic E-state index is -0.789. The second kappa shape index (κ2) is 5.65. The minimum absolute atomic E-state index is 0.184. The second-order valence-corrected chi connectivity index (χ2v) is 6.31. The first-order valence-electron chi connectivity index (χ1n) is 6.50. The van der Waals surface area contributed by atoms with Crippen LogP contribution in [-0.4, -0.2) is 38.0 Å². The van der Waals surface area contributed by atoms with Crippen molar-refractivity contribution in [3.05, 3.63) is 12.2 Å². The molecule has 2 N–H and O–H groups in total. The number of halogens is 1. The standard InChI is InChI=1S/C9H9NO3.C4H7BrO2/c11-8-6-4-1-2-5(3-4)7(6)9(12)10(8)13;1-2-3(5)4(6)7/h1-2,4-7,13H,3H2;3H,2H2,1H3,(H,6,7). The molecule has 2 fully saturated rings. The highest BCUT2D eigenvalue weighted by molar-refractivity contribution is 9.10. The third-order valence-corrected chi connectivity index (χ3v) is 5.11. The van der Waals surface area contributed by atoms with Crippen molar-refractivity contribution in [3.63, 3.8) is 0 Å². The first-order valence-corrected chi connectivity index (χ1v) is 7.41. The van der Waals surface area contributed by atoms with Crippen LogP contribution in [0.5, 0.6) is 0 Å². The lowest BCUT2D eigenvalue weighted by Crippen LogP contribution is -2.29. The number of imide groups is 1. The van der Waals surface area contributed by atoms with Crippen LogP contribution >= 0.6 is 15.9 Å². The Morgan fingerprint density at radius 2 is 1.80 bits per heavy atom. The van der Waals surface area contributed by atoms with Gasteiger partial charge in [-0.3, -0.25) is 19.6 Å². The number of nitrogens with zero attached hydrogens (tertiary/aromatic N) is 1. The van der Waals surface area contributed by atoms with E-state index in [2.05, 4.69) is 15.9 Å². The zero-order chi connectivity index (χ0) is 15.0. The highest BCUT2D eigenvalue weighted by Gasteiger charge is 2.59. The molecule has 0 aromatic rings. The quantitative estimate of drug-likeness (QED) is 0.341. The largest absolute Gasteiger partial charge is 0.480 e. The predicted molar refractivity (Wildman–Crippen MR) is 72.0 cm³/mol. The molecule has 1 heterocycles. The van der Waals surface area contributed by atoms with Crippen molar-refractivity contribution in [1.82, 2.24) is 5.06 Å². The van der Waals surface area contributed by atoms with Crippen molar-refractivity contribution in [2.45, 2.75) is 24.6 Å². The molecule has 20 heavy (non-hydrogen) atoms. The summed E-state index contributed by atoms with van der Waals surface area (Å²) >= 11 is 2.94.